The average Bonchev–Trinajstić information content (AvgIpc) is 3.36. The van der Waals surface area contributed by atoms with Gasteiger partial charge in [0.2, 0.25) is 0 Å². The maximum atomic E-state index is 12.5. The van der Waals surface area contributed by atoms with Crippen LogP contribution >= 0.6 is 0 Å². The number of aromatic nitrogens is 2. The second-order valence-corrected chi connectivity index (χ2v) is 7.83. The van der Waals surface area contributed by atoms with E-state index in [-0.39, 0.29) is 17.9 Å². The number of nitrogens with zero attached hydrogens (tertiary/aromatic N) is 3. The van der Waals surface area contributed by atoms with Gasteiger partial charge in [-0.25, -0.2) is 9.78 Å². The Labute approximate surface area is 164 Å². The first kappa shape index (κ1) is 18.7. The van der Waals surface area contributed by atoms with Crippen LogP contribution in [-0.2, 0) is 0 Å². The van der Waals surface area contributed by atoms with Crippen LogP contribution in [0.15, 0.2) is 10.6 Å². The minimum absolute atomic E-state index is 0.0405. The van der Waals surface area contributed by atoms with Gasteiger partial charge in [0.25, 0.3) is 11.6 Å². The fourth-order valence-corrected chi connectivity index (χ4v) is 4.38. The van der Waals surface area contributed by atoms with Crippen molar-refractivity contribution >= 4 is 23.0 Å². The molecule has 3 heterocycles. The number of urea groups is 1. The quantitative estimate of drug-likeness (QED) is 0.846. The van der Waals surface area contributed by atoms with Crippen molar-refractivity contribution in [1.82, 2.24) is 25.7 Å². The third-order valence-corrected chi connectivity index (χ3v) is 5.92. The lowest BCUT2D eigenvalue weighted by molar-refractivity contribution is 0.0964. The van der Waals surface area contributed by atoms with E-state index in [1.165, 1.54) is 12.8 Å². The Morgan fingerprint density at radius 3 is 2.57 bits per heavy atom. The second kappa shape index (κ2) is 7.77. The first-order valence-corrected chi connectivity index (χ1v) is 10.1. The number of fused-ring (bicyclic) bond motifs is 1. The van der Waals surface area contributed by atoms with Gasteiger partial charge in [0, 0.05) is 37.8 Å². The van der Waals surface area contributed by atoms with Crippen molar-refractivity contribution in [3.63, 3.8) is 0 Å². The molecule has 2 aliphatic rings. The Hall–Kier alpha value is -2.64. The van der Waals surface area contributed by atoms with Crippen LogP contribution in [0.3, 0.4) is 0 Å². The zero-order valence-corrected chi connectivity index (χ0v) is 16.5. The third kappa shape index (κ3) is 3.55. The molecule has 1 aliphatic heterocycles. The summed E-state index contributed by atoms with van der Waals surface area (Å²) in [5.74, 6) is -0.0296. The van der Waals surface area contributed by atoms with E-state index in [2.05, 4.69) is 20.8 Å². The number of aryl methyl sites for hydroxylation is 1. The molecular formula is C20H27N5O3. The summed E-state index contributed by atoms with van der Waals surface area (Å²) in [7, 11) is 1.61. The van der Waals surface area contributed by atoms with E-state index in [0.29, 0.717) is 41.5 Å². The van der Waals surface area contributed by atoms with E-state index in [1.54, 1.807) is 13.1 Å². The molecule has 1 aliphatic carbocycles. The fourth-order valence-electron chi connectivity index (χ4n) is 4.38. The first-order valence-electron chi connectivity index (χ1n) is 10.1. The highest BCUT2D eigenvalue weighted by molar-refractivity contribution is 6.06. The summed E-state index contributed by atoms with van der Waals surface area (Å²) < 4.78 is 5.45. The topological polar surface area (TPSA) is 100 Å². The van der Waals surface area contributed by atoms with E-state index in [9.17, 15) is 9.59 Å². The minimum atomic E-state index is -0.173. The van der Waals surface area contributed by atoms with Gasteiger partial charge in [0.15, 0.2) is 0 Å². The molecule has 0 bridgehead atoms. The van der Waals surface area contributed by atoms with E-state index < -0.39 is 0 Å². The lowest BCUT2D eigenvalue weighted by atomic mass is 9.90. The van der Waals surface area contributed by atoms with E-state index in [0.717, 1.165) is 31.4 Å². The summed E-state index contributed by atoms with van der Waals surface area (Å²) in [4.78, 5) is 31.1. The van der Waals surface area contributed by atoms with Gasteiger partial charge in [-0.15, -0.1) is 0 Å². The maximum Gasteiger partial charge on any atom is 0.317 e. The lowest BCUT2D eigenvalue weighted by Gasteiger charge is -2.32. The molecule has 0 atom stereocenters. The molecule has 150 valence electrons. The molecule has 2 N–H and O–H groups in total. The summed E-state index contributed by atoms with van der Waals surface area (Å²) in [6, 6.07) is 2.14. The van der Waals surface area contributed by atoms with Gasteiger partial charge in [0.05, 0.1) is 16.6 Å². The normalized spacial score (nSPS) is 18.6. The smallest absolute Gasteiger partial charge is 0.317 e. The predicted octanol–water partition coefficient (Wildman–Crippen LogP) is 2.72. The largest absolute Gasteiger partial charge is 0.355 e. The van der Waals surface area contributed by atoms with Crippen molar-refractivity contribution < 1.29 is 14.1 Å². The van der Waals surface area contributed by atoms with Gasteiger partial charge in [-0.1, -0.05) is 18.0 Å². The second-order valence-electron chi connectivity index (χ2n) is 7.83. The Morgan fingerprint density at radius 2 is 1.89 bits per heavy atom. The molecule has 3 amide bonds. The number of amides is 3. The summed E-state index contributed by atoms with van der Waals surface area (Å²) in [5.41, 5.74) is 2.43. The molecule has 0 radical (unpaired) electrons. The van der Waals surface area contributed by atoms with Crippen LogP contribution in [0.5, 0.6) is 0 Å². The molecule has 0 aromatic carbocycles. The zero-order chi connectivity index (χ0) is 19.7. The van der Waals surface area contributed by atoms with Crippen LogP contribution in [0.1, 0.15) is 66.2 Å². The zero-order valence-electron chi connectivity index (χ0n) is 16.5. The Bertz CT molecular complexity index is 879. The molecule has 1 saturated heterocycles. The number of hydrogen-bond acceptors (Lipinski definition) is 5. The third-order valence-electron chi connectivity index (χ3n) is 5.92. The van der Waals surface area contributed by atoms with Crippen molar-refractivity contribution in [3.8, 4) is 0 Å². The van der Waals surface area contributed by atoms with Crippen LogP contribution in [0, 0.1) is 6.92 Å². The number of carbonyl (C=O) groups is 2. The highest BCUT2D eigenvalue weighted by Gasteiger charge is 2.30. The summed E-state index contributed by atoms with van der Waals surface area (Å²) in [6.07, 6.45) is 6.16. The molecule has 28 heavy (non-hydrogen) atoms. The fraction of sp³-hybridized carbons (Fsp3) is 0.600. The molecule has 0 spiro atoms. The number of rotatable bonds is 3. The number of carbonyl (C=O) groups excluding carboxylic acids is 2. The summed E-state index contributed by atoms with van der Waals surface area (Å²) in [5, 5.41) is 10.8. The van der Waals surface area contributed by atoms with Gasteiger partial charge in [-0.05, 0) is 38.7 Å². The van der Waals surface area contributed by atoms with Gasteiger partial charge in [-0.2, -0.15) is 0 Å². The van der Waals surface area contributed by atoms with Crippen molar-refractivity contribution in [1.29, 1.82) is 0 Å². The highest BCUT2D eigenvalue weighted by Crippen LogP contribution is 2.34. The van der Waals surface area contributed by atoms with Gasteiger partial charge in [-0.3, -0.25) is 4.79 Å². The summed E-state index contributed by atoms with van der Waals surface area (Å²) in [6.45, 7) is 3.17. The van der Waals surface area contributed by atoms with Crippen LogP contribution in [0.2, 0.25) is 0 Å². The number of piperidine rings is 1. The molecule has 0 unspecified atom stereocenters. The monoisotopic (exact) mass is 385 g/mol. The van der Waals surface area contributed by atoms with E-state index in [1.807, 2.05) is 11.8 Å². The number of likely N-dealkylation sites (tertiary alicyclic amines) is 1. The SMILES string of the molecule is CNC(=O)c1cc(C)nc2onc(C3CCN(C(=O)NC4CCCC4)CC3)c12. The molecule has 8 nitrogen and oxygen atoms in total. The standard InChI is InChI=1S/C20H27N5O3/c1-12-11-15(18(26)21-2)16-17(24-28-19(16)22-12)13-7-9-25(10-8-13)20(27)23-14-5-3-4-6-14/h11,13-14H,3-10H2,1-2H3,(H,21,26)(H,23,27). The van der Waals surface area contributed by atoms with Crippen LogP contribution in [0.25, 0.3) is 11.1 Å². The van der Waals surface area contributed by atoms with Crippen molar-refractivity contribution in [2.45, 2.75) is 57.4 Å². The number of nitrogens with one attached hydrogen (secondary N) is 2. The Balaban J connectivity index is 1.49. The molecule has 8 heteroatoms. The van der Waals surface area contributed by atoms with Crippen LogP contribution in [0.4, 0.5) is 4.79 Å². The highest BCUT2D eigenvalue weighted by atomic mass is 16.5. The van der Waals surface area contributed by atoms with Crippen molar-refractivity contribution in [3.05, 3.63) is 23.0 Å². The molecular weight excluding hydrogens is 358 g/mol. The van der Waals surface area contributed by atoms with E-state index >= 15 is 0 Å². The van der Waals surface area contributed by atoms with E-state index in [4.69, 9.17) is 4.52 Å². The molecule has 2 aromatic heterocycles. The first-order chi connectivity index (χ1) is 13.6. The molecule has 2 aromatic rings. The molecule has 4 rings (SSSR count). The molecule has 1 saturated carbocycles. The Morgan fingerprint density at radius 1 is 1.18 bits per heavy atom. The lowest BCUT2D eigenvalue weighted by Crippen LogP contribution is -2.47. The Kier molecular flexibility index (Phi) is 5.19. The average molecular weight is 385 g/mol. The van der Waals surface area contributed by atoms with Crippen LogP contribution < -0.4 is 10.6 Å². The van der Waals surface area contributed by atoms with Crippen LogP contribution in [-0.4, -0.2) is 53.2 Å². The minimum Gasteiger partial charge on any atom is -0.355 e. The van der Waals surface area contributed by atoms with Gasteiger partial charge < -0.3 is 20.1 Å². The van der Waals surface area contributed by atoms with Gasteiger partial charge in [0.1, 0.15) is 0 Å². The van der Waals surface area contributed by atoms with Gasteiger partial charge >= 0.3 is 6.03 Å². The number of pyridine rings is 1. The molecule has 2 fully saturated rings. The summed E-state index contributed by atoms with van der Waals surface area (Å²) >= 11 is 0. The van der Waals surface area contributed by atoms with Crippen molar-refractivity contribution in [2.24, 2.45) is 0 Å². The number of hydrogen-bond donors (Lipinski definition) is 2. The van der Waals surface area contributed by atoms with Crippen molar-refractivity contribution in [2.75, 3.05) is 20.1 Å². The predicted molar refractivity (Wildman–Crippen MR) is 104 cm³/mol. The maximum absolute atomic E-state index is 12.5.